The Hall–Kier alpha value is -1.87. The molecule has 3 heteroatoms. The third-order valence-electron chi connectivity index (χ3n) is 3.84. The first kappa shape index (κ1) is 13.1. The van der Waals surface area contributed by atoms with Crippen molar-refractivity contribution in [3.8, 4) is 0 Å². The monoisotopic (exact) mass is 267 g/mol. The van der Waals surface area contributed by atoms with Crippen LogP contribution in [0.15, 0.2) is 36.5 Å². The van der Waals surface area contributed by atoms with Gasteiger partial charge in [-0.15, -0.1) is 0 Å². The minimum atomic E-state index is 0.848. The quantitative estimate of drug-likeness (QED) is 0.925. The Bertz CT molecular complexity index is 607. The molecule has 1 aliphatic heterocycles. The van der Waals surface area contributed by atoms with Gasteiger partial charge in [-0.3, -0.25) is 0 Å². The molecule has 1 N–H and O–H groups in total. The van der Waals surface area contributed by atoms with Gasteiger partial charge in [0.2, 0.25) is 0 Å². The molecule has 0 unspecified atom stereocenters. The fraction of sp³-hybridized carbons (Fsp3) is 0.353. The van der Waals surface area contributed by atoms with E-state index in [9.17, 15) is 0 Å². The summed E-state index contributed by atoms with van der Waals surface area (Å²) in [6.07, 6.45) is 4.24. The molecular formula is C17H21N3. The van der Waals surface area contributed by atoms with Crippen molar-refractivity contribution < 1.29 is 0 Å². The summed E-state index contributed by atoms with van der Waals surface area (Å²) in [6.45, 7) is 4.05. The van der Waals surface area contributed by atoms with Crippen molar-refractivity contribution in [3.05, 3.63) is 53.2 Å². The topological polar surface area (TPSA) is 28.2 Å². The van der Waals surface area contributed by atoms with Crippen molar-refractivity contribution >= 4 is 11.5 Å². The van der Waals surface area contributed by atoms with E-state index in [0.717, 1.165) is 18.9 Å². The standard InChI is InChI=1S/C17H21N3/c1-13-7-8-16-14(11-13)6-4-10-20(16)17-15(12-18-2)5-3-9-19-17/h3,5,7-9,11,18H,4,6,10,12H2,1-2H3. The van der Waals surface area contributed by atoms with Gasteiger partial charge in [-0.25, -0.2) is 4.98 Å². The minimum Gasteiger partial charge on any atom is -0.326 e. The predicted octanol–water partition coefficient (Wildman–Crippen LogP) is 3.19. The summed E-state index contributed by atoms with van der Waals surface area (Å²) < 4.78 is 0. The molecule has 3 nitrogen and oxygen atoms in total. The Labute approximate surface area is 120 Å². The first-order valence-corrected chi connectivity index (χ1v) is 7.25. The van der Waals surface area contributed by atoms with Gasteiger partial charge >= 0.3 is 0 Å². The van der Waals surface area contributed by atoms with E-state index in [4.69, 9.17) is 0 Å². The van der Waals surface area contributed by atoms with Crippen LogP contribution in [0.4, 0.5) is 11.5 Å². The molecule has 0 saturated heterocycles. The summed E-state index contributed by atoms with van der Waals surface area (Å²) in [5.74, 6) is 1.09. The molecule has 0 bridgehead atoms. The third-order valence-corrected chi connectivity index (χ3v) is 3.84. The van der Waals surface area contributed by atoms with Crippen LogP contribution in [0.25, 0.3) is 0 Å². The first-order valence-electron chi connectivity index (χ1n) is 7.25. The number of benzene rings is 1. The number of nitrogens with one attached hydrogen (secondary N) is 1. The van der Waals surface area contributed by atoms with Gasteiger partial charge in [0.1, 0.15) is 5.82 Å². The maximum atomic E-state index is 4.63. The summed E-state index contributed by atoms with van der Waals surface area (Å²) in [6, 6.07) is 10.9. The van der Waals surface area contributed by atoms with Gasteiger partial charge in [-0.1, -0.05) is 23.8 Å². The van der Waals surface area contributed by atoms with E-state index in [-0.39, 0.29) is 0 Å². The van der Waals surface area contributed by atoms with Crippen molar-refractivity contribution in [1.29, 1.82) is 0 Å². The number of nitrogens with zero attached hydrogens (tertiary/aromatic N) is 2. The Morgan fingerprint density at radius 2 is 2.20 bits per heavy atom. The molecule has 2 aromatic rings. The van der Waals surface area contributed by atoms with E-state index in [2.05, 4.69) is 46.4 Å². The van der Waals surface area contributed by atoms with Gasteiger partial charge in [0.05, 0.1) is 0 Å². The van der Waals surface area contributed by atoms with Crippen LogP contribution in [0.3, 0.4) is 0 Å². The molecule has 0 fully saturated rings. The highest BCUT2D eigenvalue weighted by Gasteiger charge is 2.20. The van der Waals surface area contributed by atoms with Gasteiger partial charge in [0, 0.05) is 30.5 Å². The van der Waals surface area contributed by atoms with Gasteiger partial charge in [0.25, 0.3) is 0 Å². The van der Waals surface area contributed by atoms with E-state index in [1.165, 1.54) is 35.2 Å². The summed E-state index contributed by atoms with van der Waals surface area (Å²) in [5, 5.41) is 3.23. The first-order chi connectivity index (χ1) is 9.79. The Balaban J connectivity index is 2.04. The van der Waals surface area contributed by atoms with E-state index in [0.29, 0.717) is 0 Å². The molecule has 2 heterocycles. The SMILES string of the molecule is CNCc1cccnc1N1CCCc2cc(C)ccc21. The smallest absolute Gasteiger partial charge is 0.137 e. The summed E-state index contributed by atoms with van der Waals surface area (Å²) in [5.41, 5.74) is 5.35. The summed E-state index contributed by atoms with van der Waals surface area (Å²) in [4.78, 5) is 6.99. The van der Waals surface area contributed by atoms with Crippen LogP contribution >= 0.6 is 0 Å². The predicted molar refractivity (Wildman–Crippen MR) is 83.5 cm³/mol. The maximum absolute atomic E-state index is 4.63. The molecule has 3 rings (SSSR count). The van der Waals surface area contributed by atoms with Crippen LogP contribution in [0, 0.1) is 6.92 Å². The average molecular weight is 267 g/mol. The number of aryl methyl sites for hydroxylation is 2. The molecule has 0 atom stereocenters. The number of aromatic nitrogens is 1. The highest BCUT2D eigenvalue weighted by atomic mass is 15.2. The van der Waals surface area contributed by atoms with Gasteiger partial charge in [-0.05, 0) is 44.5 Å². The highest BCUT2D eigenvalue weighted by molar-refractivity contribution is 5.68. The zero-order chi connectivity index (χ0) is 13.9. The van der Waals surface area contributed by atoms with Crippen LogP contribution in [0.5, 0.6) is 0 Å². The van der Waals surface area contributed by atoms with Gasteiger partial charge in [0.15, 0.2) is 0 Å². The van der Waals surface area contributed by atoms with Crippen molar-refractivity contribution in [2.24, 2.45) is 0 Å². The lowest BCUT2D eigenvalue weighted by atomic mass is 9.99. The molecule has 104 valence electrons. The fourth-order valence-electron chi connectivity index (χ4n) is 2.95. The van der Waals surface area contributed by atoms with E-state index < -0.39 is 0 Å². The van der Waals surface area contributed by atoms with Crippen molar-refractivity contribution in [2.45, 2.75) is 26.3 Å². The Morgan fingerprint density at radius 3 is 3.05 bits per heavy atom. The van der Waals surface area contributed by atoms with E-state index in [1.807, 2.05) is 19.3 Å². The van der Waals surface area contributed by atoms with Crippen LogP contribution in [-0.4, -0.2) is 18.6 Å². The summed E-state index contributed by atoms with van der Waals surface area (Å²) in [7, 11) is 1.98. The summed E-state index contributed by atoms with van der Waals surface area (Å²) >= 11 is 0. The lowest BCUT2D eigenvalue weighted by molar-refractivity contribution is 0.745. The third kappa shape index (κ3) is 2.41. The second-order valence-corrected chi connectivity index (χ2v) is 5.40. The van der Waals surface area contributed by atoms with Crippen molar-refractivity contribution in [1.82, 2.24) is 10.3 Å². The lowest BCUT2D eigenvalue weighted by Crippen LogP contribution is -2.27. The minimum absolute atomic E-state index is 0.848. The average Bonchev–Trinajstić information content (AvgIpc) is 2.47. The molecule has 1 aliphatic rings. The molecule has 0 radical (unpaired) electrons. The number of hydrogen-bond acceptors (Lipinski definition) is 3. The molecule has 0 amide bonds. The van der Waals surface area contributed by atoms with Gasteiger partial charge < -0.3 is 10.2 Å². The zero-order valence-corrected chi connectivity index (χ0v) is 12.2. The number of pyridine rings is 1. The largest absolute Gasteiger partial charge is 0.326 e. The fourth-order valence-corrected chi connectivity index (χ4v) is 2.95. The number of fused-ring (bicyclic) bond motifs is 1. The molecule has 1 aromatic carbocycles. The van der Waals surface area contributed by atoms with Crippen LogP contribution < -0.4 is 10.2 Å². The lowest BCUT2D eigenvalue weighted by Gasteiger charge is -2.32. The number of hydrogen-bond donors (Lipinski definition) is 1. The molecule has 1 aromatic heterocycles. The second-order valence-electron chi connectivity index (χ2n) is 5.40. The van der Waals surface area contributed by atoms with Crippen molar-refractivity contribution in [3.63, 3.8) is 0 Å². The molecular weight excluding hydrogens is 246 g/mol. The molecule has 0 saturated carbocycles. The maximum Gasteiger partial charge on any atom is 0.137 e. The molecule has 0 aliphatic carbocycles. The number of anilines is 2. The van der Waals surface area contributed by atoms with Crippen molar-refractivity contribution in [2.75, 3.05) is 18.5 Å². The second kappa shape index (κ2) is 5.63. The Morgan fingerprint density at radius 1 is 1.30 bits per heavy atom. The normalized spacial score (nSPS) is 14.2. The highest BCUT2D eigenvalue weighted by Crippen LogP contribution is 2.34. The van der Waals surface area contributed by atoms with E-state index in [1.54, 1.807) is 0 Å². The van der Waals surface area contributed by atoms with Crippen LogP contribution in [0.2, 0.25) is 0 Å². The molecule has 20 heavy (non-hydrogen) atoms. The van der Waals surface area contributed by atoms with Crippen LogP contribution in [-0.2, 0) is 13.0 Å². The van der Waals surface area contributed by atoms with Gasteiger partial charge in [-0.2, -0.15) is 0 Å². The Kier molecular flexibility index (Phi) is 3.70. The number of rotatable bonds is 3. The molecule has 0 spiro atoms. The van der Waals surface area contributed by atoms with E-state index >= 15 is 0 Å². The zero-order valence-electron chi connectivity index (χ0n) is 12.2. The van der Waals surface area contributed by atoms with Crippen LogP contribution in [0.1, 0.15) is 23.1 Å².